The minimum absolute atomic E-state index is 0.254. The average Bonchev–Trinajstić information content (AvgIpc) is 3.15. The van der Waals surface area contributed by atoms with Crippen LogP contribution in [0.2, 0.25) is 0 Å². The Morgan fingerprint density at radius 1 is 1.38 bits per heavy atom. The molecule has 7 heteroatoms. The van der Waals surface area contributed by atoms with E-state index >= 15 is 0 Å². The first-order valence-corrected chi connectivity index (χ1v) is 10.0. The molecule has 0 aliphatic heterocycles. The highest BCUT2D eigenvalue weighted by atomic mass is 32.2. The molecular weight excluding hydrogens is 340 g/mol. The lowest BCUT2D eigenvalue weighted by Gasteiger charge is -2.04. The number of rotatable bonds is 5. The number of carbonyl (C=O) groups is 1. The van der Waals surface area contributed by atoms with Crippen LogP contribution in [0.4, 0.5) is 0 Å². The molecule has 0 aliphatic carbocycles. The van der Waals surface area contributed by atoms with E-state index in [9.17, 15) is 4.79 Å². The van der Waals surface area contributed by atoms with Crippen molar-refractivity contribution >= 4 is 39.2 Å². The van der Waals surface area contributed by atoms with Crippen LogP contribution >= 0.6 is 23.1 Å². The maximum absolute atomic E-state index is 12.5. The van der Waals surface area contributed by atoms with E-state index < -0.39 is 0 Å². The number of carbonyl (C=O) groups excluding carboxylic acids is 1. The molecule has 0 spiro atoms. The Labute approximate surface area is 149 Å². The van der Waals surface area contributed by atoms with Crippen molar-refractivity contribution in [3.63, 3.8) is 0 Å². The van der Waals surface area contributed by atoms with Crippen molar-refractivity contribution in [1.82, 2.24) is 14.3 Å². The molecule has 126 valence electrons. The first-order valence-electron chi connectivity index (χ1n) is 7.82. The summed E-state index contributed by atoms with van der Waals surface area (Å²) in [5, 5.41) is 4.05. The van der Waals surface area contributed by atoms with Crippen molar-refractivity contribution in [2.75, 3.05) is 12.0 Å². The smallest absolute Gasteiger partial charge is 0.297 e. The number of aryl methyl sites for hydroxylation is 3. The Kier molecular flexibility index (Phi) is 5.20. The Morgan fingerprint density at radius 3 is 2.88 bits per heavy atom. The van der Waals surface area contributed by atoms with Crippen LogP contribution in [0.15, 0.2) is 35.5 Å². The van der Waals surface area contributed by atoms with Gasteiger partial charge in [0.15, 0.2) is 4.80 Å². The highest BCUT2D eigenvalue weighted by Gasteiger charge is 2.12. The van der Waals surface area contributed by atoms with E-state index in [1.165, 1.54) is 10.3 Å². The molecule has 2 aromatic heterocycles. The first kappa shape index (κ1) is 17.0. The summed E-state index contributed by atoms with van der Waals surface area (Å²) in [6.07, 6.45) is 4.70. The van der Waals surface area contributed by atoms with Crippen LogP contribution in [0.1, 0.15) is 23.0 Å². The lowest BCUT2D eigenvalue weighted by molar-refractivity contribution is 0.0989. The zero-order chi connectivity index (χ0) is 17.1. The number of amides is 1. The summed E-state index contributed by atoms with van der Waals surface area (Å²) in [5.41, 5.74) is 2.94. The molecule has 0 bridgehead atoms. The van der Waals surface area contributed by atoms with Crippen molar-refractivity contribution in [3.05, 3.63) is 46.5 Å². The number of hydrogen-bond acceptors (Lipinski definition) is 4. The molecule has 2 heterocycles. The maximum Gasteiger partial charge on any atom is 0.297 e. The summed E-state index contributed by atoms with van der Waals surface area (Å²) in [6.45, 7) is 2.98. The molecule has 24 heavy (non-hydrogen) atoms. The van der Waals surface area contributed by atoms with Crippen molar-refractivity contribution in [2.24, 2.45) is 12.0 Å². The largest absolute Gasteiger partial charge is 0.316 e. The van der Waals surface area contributed by atoms with Gasteiger partial charge in [-0.25, -0.2) is 0 Å². The summed E-state index contributed by atoms with van der Waals surface area (Å²) >= 11 is 3.36. The van der Waals surface area contributed by atoms with E-state index in [-0.39, 0.29) is 5.91 Å². The highest BCUT2D eigenvalue weighted by Crippen LogP contribution is 2.20. The number of nitrogens with zero attached hydrogens (tertiary/aromatic N) is 4. The van der Waals surface area contributed by atoms with Gasteiger partial charge in [0.25, 0.3) is 5.91 Å². The standard InChI is InChI=1S/C17H20N4OS2/c1-4-12-5-6-13-15(11-12)24-17(21(13)9-10-23-3)19-16(22)14-7-8-18-20(14)2/h5-8,11H,4,9-10H2,1-3H3. The number of thiazole rings is 1. The third-order valence-corrected chi connectivity index (χ3v) is 5.54. The van der Waals surface area contributed by atoms with Crippen LogP contribution < -0.4 is 4.80 Å². The van der Waals surface area contributed by atoms with Crippen LogP contribution in [0, 0.1) is 0 Å². The molecule has 0 saturated carbocycles. The zero-order valence-corrected chi connectivity index (χ0v) is 15.7. The first-order chi connectivity index (χ1) is 11.6. The highest BCUT2D eigenvalue weighted by molar-refractivity contribution is 7.98. The predicted molar refractivity (Wildman–Crippen MR) is 101 cm³/mol. The van der Waals surface area contributed by atoms with Gasteiger partial charge in [-0.2, -0.15) is 21.9 Å². The molecule has 0 radical (unpaired) electrons. The van der Waals surface area contributed by atoms with E-state index in [1.54, 1.807) is 47.1 Å². The minimum Gasteiger partial charge on any atom is -0.316 e. The summed E-state index contributed by atoms with van der Waals surface area (Å²) in [5.74, 6) is 0.726. The van der Waals surface area contributed by atoms with Gasteiger partial charge in [-0.1, -0.05) is 24.3 Å². The van der Waals surface area contributed by atoms with Crippen molar-refractivity contribution < 1.29 is 4.79 Å². The van der Waals surface area contributed by atoms with Crippen molar-refractivity contribution in [1.29, 1.82) is 0 Å². The molecule has 0 atom stereocenters. The molecule has 0 N–H and O–H groups in total. The number of aromatic nitrogens is 3. The molecule has 1 amide bonds. The third kappa shape index (κ3) is 3.32. The second-order valence-corrected chi connectivity index (χ2v) is 7.44. The van der Waals surface area contributed by atoms with Gasteiger partial charge in [-0.05, 0) is 36.4 Å². The lowest BCUT2D eigenvalue weighted by Crippen LogP contribution is -2.19. The second kappa shape index (κ2) is 7.36. The maximum atomic E-state index is 12.5. The number of fused-ring (bicyclic) bond motifs is 1. The van der Waals surface area contributed by atoms with Gasteiger partial charge in [0.05, 0.1) is 10.2 Å². The number of thioether (sulfide) groups is 1. The molecule has 1 aromatic carbocycles. The normalized spacial score (nSPS) is 12.2. The summed E-state index contributed by atoms with van der Waals surface area (Å²) < 4.78 is 4.87. The van der Waals surface area contributed by atoms with Crippen LogP contribution in [0.5, 0.6) is 0 Å². The van der Waals surface area contributed by atoms with Crippen molar-refractivity contribution in [2.45, 2.75) is 19.9 Å². The molecule has 3 rings (SSSR count). The van der Waals surface area contributed by atoms with E-state index in [0.29, 0.717) is 5.69 Å². The molecule has 0 fully saturated rings. The van der Waals surface area contributed by atoms with Gasteiger partial charge in [0, 0.05) is 25.5 Å². The van der Waals surface area contributed by atoms with E-state index in [2.05, 4.69) is 46.0 Å². The Balaban J connectivity index is 2.12. The Morgan fingerprint density at radius 2 is 2.21 bits per heavy atom. The minimum atomic E-state index is -0.254. The summed E-state index contributed by atoms with van der Waals surface area (Å²) in [7, 11) is 1.75. The topological polar surface area (TPSA) is 52.2 Å². The fourth-order valence-corrected chi connectivity index (χ4v) is 4.03. The summed E-state index contributed by atoms with van der Waals surface area (Å²) in [6, 6.07) is 8.18. The Hall–Kier alpha value is -1.86. The third-order valence-electron chi connectivity index (χ3n) is 3.91. The quantitative estimate of drug-likeness (QED) is 0.702. The van der Waals surface area contributed by atoms with Gasteiger partial charge < -0.3 is 4.57 Å². The van der Waals surface area contributed by atoms with Gasteiger partial charge in [-0.3, -0.25) is 9.48 Å². The van der Waals surface area contributed by atoms with Crippen LogP contribution in [0.3, 0.4) is 0 Å². The molecule has 3 aromatic rings. The monoisotopic (exact) mass is 360 g/mol. The van der Waals surface area contributed by atoms with Crippen LogP contribution in [0.25, 0.3) is 10.2 Å². The van der Waals surface area contributed by atoms with Gasteiger partial charge in [-0.15, -0.1) is 0 Å². The fourth-order valence-electron chi connectivity index (χ4n) is 2.55. The van der Waals surface area contributed by atoms with E-state index in [1.807, 2.05) is 0 Å². The van der Waals surface area contributed by atoms with Gasteiger partial charge in [0.2, 0.25) is 0 Å². The second-order valence-electron chi connectivity index (χ2n) is 5.44. The van der Waals surface area contributed by atoms with E-state index in [4.69, 9.17) is 0 Å². The lowest BCUT2D eigenvalue weighted by atomic mass is 10.2. The molecule has 0 aliphatic rings. The number of benzene rings is 1. The zero-order valence-electron chi connectivity index (χ0n) is 14.0. The van der Waals surface area contributed by atoms with E-state index in [0.717, 1.165) is 29.0 Å². The molecule has 0 saturated heterocycles. The SMILES string of the molecule is CCc1ccc2c(c1)sc(=NC(=O)c1ccnn1C)n2CCSC. The fraction of sp³-hybridized carbons (Fsp3) is 0.353. The van der Waals surface area contributed by atoms with Crippen LogP contribution in [-0.4, -0.2) is 32.3 Å². The number of hydrogen-bond donors (Lipinski definition) is 0. The van der Waals surface area contributed by atoms with Crippen LogP contribution in [-0.2, 0) is 20.0 Å². The molecular formula is C17H20N4OS2. The summed E-state index contributed by atoms with van der Waals surface area (Å²) in [4.78, 5) is 17.6. The Bertz CT molecular complexity index is 936. The van der Waals surface area contributed by atoms with Gasteiger partial charge >= 0.3 is 0 Å². The van der Waals surface area contributed by atoms with Crippen molar-refractivity contribution in [3.8, 4) is 0 Å². The molecule has 0 unspecified atom stereocenters. The predicted octanol–water partition coefficient (Wildman–Crippen LogP) is 3.10. The average molecular weight is 361 g/mol. The molecule has 5 nitrogen and oxygen atoms in total. The van der Waals surface area contributed by atoms with Gasteiger partial charge in [0.1, 0.15) is 5.69 Å².